The number of nitrogens with zero attached hydrogens (tertiary/aromatic N) is 1. The molecule has 28 heavy (non-hydrogen) atoms. The number of rotatable bonds is 7. The highest BCUT2D eigenvalue weighted by molar-refractivity contribution is 6.04. The van der Waals surface area contributed by atoms with Gasteiger partial charge in [-0.3, -0.25) is 14.5 Å². The second-order valence-corrected chi connectivity index (χ2v) is 7.10. The summed E-state index contributed by atoms with van der Waals surface area (Å²) >= 11 is 0. The van der Waals surface area contributed by atoms with Crippen LogP contribution in [0.25, 0.3) is 0 Å². The van der Waals surface area contributed by atoms with Crippen LogP contribution in [0.2, 0.25) is 0 Å². The van der Waals surface area contributed by atoms with Crippen LogP contribution in [0.1, 0.15) is 35.8 Å². The molecule has 7 heteroatoms. The Labute approximate surface area is 164 Å². The van der Waals surface area contributed by atoms with E-state index < -0.39 is 5.91 Å². The summed E-state index contributed by atoms with van der Waals surface area (Å²) in [6.07, 6.45) is 0. The van der Waals surface area contributed by atoms with Gasteiger partial charge in [0, 0.05) is 37.1 Å². The van der Waals surface area contributed by atoms with Crippen molar-refractivity contribution in [3.63, 3.8) is 0 Å². The number of ether oxygens (including phenoxy) is 2. The highest BCUT2D eigenvalue weighted by atomic mass is 16.5. The Morgan fingerprint density at radius 2 is 2.04 bits per heavy atom. The molecule has 2 heterocycles. The lowest BCUT2D eigenvalue weighted by Gasteiger charge is -2.26. The van der Waals surface area contributed by atoms with E-state index in [0.29, 0.717) is 18.0 Å². The number of carbonyl (C=O) groups is 1. The number of aromatic nitrogens is 1. The number of amides is 1. The molecule has 0 atom stereocenters. The Bertz CT molecular complexity index is 857. The monoisotopic (exact) mass is 385 g/mol. The van der Waals surface area contributed by atoms with Crippen LogP contribution in [0.3, 0.4) is 0 Å². The number of pyridine rings is 1. The number of aromatic amines is 1. The Hall–Kier alpha value is -2.64. The fourth-order valence-corrected chi connectivity index (χ4v) is 2.98. The van der Waals surface area contributed by atoms with Gasteiger partial charge in [-0.1, -0.05) is 19.9 Å². The molecule has 2 N–H and O–H groups in total. The maximum atomic E-state index is 12.5. The van der Waals surface area contributed by atoms with E-state index in [2.05, 4.69) is 15.2 Å². The lowest BCUT2D eigenvalue weighted by molar-refractivity contribution is 0.0322. The highest BCUT2D eigenvalue weighted by Crippen LogP contribution is 2.18. The number of nitrogens with one attached hydrogen (secondary N) is 2. The summed E-state index contributed by atoms with van der Waals surface area (Å²) in [6, 6.07) is 10.5. The second-order valence-electron chi connectivity index (χ2n) is 7.10. The molecule has 0 aliphatic carbocycles. The van der Waals surface area contributed by atoms with Gasteiger partial charge in [-0.15, -0.1) is 0 Å². The number of hydrogen-bond donors (Lipinski definition) is 2. The van der Waals surface area contributed by atoms with Gasteiger partial charge >= 0.3 is 0 Å². The molecule has 1 aliphatic heterocycles. The van der Waals surface area contributed by atoms with Crippen LogP contribution in [0, 0.1) is 0 Å². The SMILES string of the molecule is CC(C)c1ccc(C(=O)Nc2cccc(OCCN3CCOCC3)c2)c(=O)[nH]1. The molecule has 0 unspecified atom stereocenters. The predicted molar refractivity (Wildman–Crippen MR) is 108 cm³/mol. The molecule has 1 aromatic heterocycles. The molecule has 1 saturated heterocycles. The number of benzene rings is 1. The van der Waals surface area contributed by atoms with E-state index in [4.69, 9.17) is 9.47 Å². The lowest BCUT2D eigenvalue weighted by atomic mass is 10.1. The number of hydrogen-bond acceptors (Lipinski definition) is 5. The molecule has 2 aromatic rings. The molecule has 1 amide bonds. The first kappa shape index (κ1) is 20.1. The van der Waals surface area contributed by atoms with E-state index in [0.717, 1.165) is 38.5 Å². The van der Waals surface area contributed by atoms with Crippen LogP contribution in [0.4, 0.5) is 5.69 Å². The molecule has 7 nitrogen and oxygen atoms in total. The van der Waals surface area contributed by atoms with Crippen LogP contribution in [-0.4, -0.2) is 55.2 Å². The molecule has 0 saturated carbocycles. The van der Waals surface area contributed by atoms with Crippen LogP contribution in [0.15, 0.2) is 41.2 Å². The van der Waals surface area contributed by atoms with Crippen molar-refractivity contribution in [1.82, 2.24) is 9.88 Å². The summed E-state index contributed by atoms with van der Waals surface area (Å²) in [5, 5.41) is 2.76. The molecule has 0 spiro atoms. The van der Waals surface area contributed by atoms with Gasteiger partial charge in [0.15, 0.2) is 0 Å². The zero-order valence-corrected chi connectivity index (χ0v) is 16.4. The summed E-state index contributed by atoms with van der Waals surface area (Å²) in [5.41, 5.74) is 1.09. The van der Waals surface area contributed by atoms with Gasteiger partial charge in [-0.05, 0) is 30.2 Å². The third-order valence-electron chi connectivity index (χ3n) is 4.67. The lowest BCUT2D eigenvalue weighted by Crippen LogP contribution is -2.38. The standard InChI is InChI=1S/C21H27N3O4/c1-15(2)19-7-6-18(21(26)23-19)20(25)22-16-4-3-5-17(14-16)28-13-10-24-8-11-27-12-9-24/h3-7,14-15H,8-13H2,1-2H3,(H,22,25)(H,23,26). The third-order valence-corrected chi connectivity index (χ3v) is 4.67. The first-order valence-electron chi connectivity index (χ1n) is 9.60. The van der Waals surface area contributed by atoms with Gasteiger partial charge in [0.1, 0.15) is 17.9 Å². The van der Waals surface area contributed by atoms with Crippen LogP contribution >= 0.6 is 0 Å². The molecule has 0 radical (unpaired) electrons. The molecular weight excluding hydrogens is 358 g/mol. The maximum absolute atomic E-state index is 12.5. The number of anilines is 1. The Balaban J connectivity index is 1.57. The molecule has 150 valence electrons. The van der Waals surface area contributed by atoms with Gasteiger partial charge in [-0.25, -0.2) is 0 Å². The summed E-state index contributed by atoms with van der Waals surface area (Å²) in [7, 11) is 0. The zero-order chi connectivity index (χ0) is 19.9. The quantitative estimate of drug-likeness (QED) is 0.765. The van der Waals surface area contributed by atoms with E-state index in [-0.39, 0.29) is 17.0 Å². The number of morpholine rings is 1. The minimum atomic E-state index is -0.443. The van der Waals surface area contributed by atoms with Crippen molar-refractivity contribution in [3.05, 3.63) is 58.0 Å². The van der Waals surface area contributed by atoms with Crippen LogP contribution < -0.4 is 15.6 Å². The van der Waals surface area contributed by atoms with E-state index in [1.165, 1.54) is 0 Å². The minimum Gasteiger partial charge on any atom is -0.492 e. The Morgan fingerprint density at radius 3 is 2.75 bits per heavy atom. The minimum absolute atomic E-state index is 0.0861. The second kappa shape index (κ2) is 9.52. The van der Waals surface area contributed by atoms with Crippen molar-refractivity contribution >= 4 is 11.6 Å². The number of carbonyl (C=O) groups excluding carboxylic acids is 1. The van der Waals surface area contributed by atoms with Crippen molar-refractivity contribution in [3.8, 4) is 5.75 Å². The maximum Gasteiger partial charge on any atom is 0.261 e. The predicted octanol–water partition coefficient (Wildman–Crippen LogP) is 2.46. The Kier molecular flexibility index (Phi) is 6.84. The van der Waals surface area contributed by atoms with E-state index in [1.54, 1.807) is 24.3 Å². The normalized spacial score (nSPS) is 14.8. The Morgan fingerprint density at radius 1 is 1.25 bits per heavy atom. The zero-order valence-electron chi connectivity index (χ0n) is 16.4. The van der Waals surface area contributed by atoms with Crippen LogP contribution in [-0.2, 0) is 4.74 Å². The van der Waals surface area contributed by atoms with Crippen molar-refractivity contribution < 1.29 is 14.3 Å². The van der Waals surface area contributed by atoms with Gasteiger partial charge in [0.2, 0.25) is 0 Å². The van der Waals surface area contributed by atoms with E-state index in [9.17, 15) is 9.59 Å². The first-order valence-corrected chi connectivity index (χ1v) is 9.60. The molecular formula is C21H27N3O4. The fraction of sp³-hybridized carbons (Fsp3) is 0.429. The van der Waals surface area contributed by atoms with E-state index in [1.807, 2.05) is 26.0 Å². The average Bonchev–Trinajstić information content (AvgIpc) is 2.69. The molecule has 0 bridgehead atoms. The molecule has 3 rings (SSSR count). The molecule has 1 aliphatic rings. The summed E-state index contributed by atoms with van der Waals surface area (Å²) < 4.78 is 11.1. The van der Waals surface area contributed by atoms with Crippen molar-refractivity contribution in [1.29, 1.82) is 0 Å². The van der Waals surface area contributed by atoms with Crippen molar-refractivity contribution in [2.24, 2.45) is 0 Å². The average molecular weight is 385 g/mol. The number of H-pyrrole nitrogens is 1. The largest absolute Gasteiger partial charge is 0.492 e. The fourth-order valence-electron chi connectivity index (χ4n) is 2.98. The summed E-state index contributed by atoms with van der Waals surface area (Å²) in [4.78, 5) is 29.7. The first-order chi connectivity index (χ1) is 13.5. The summed E-state index contributed by atoms with van der Waals surface area (Å²) in [5.74, 6) is 0.424. The summed E-state index contributed by atoms with van der Waals surface area (Å²) in [6.45, 7) is 8.72. The van der Waals surface area contributed by atoms with Crippen molar-refractivity contribution in [2.45, 2.75) is 19.8 Å². The molecule has 1 fully saturated rings. The molecule has 1 aromatic carbocycles. The van der Waals surface area contributed by atoms with Crippen LogP contribution in [0.5, 0.6) is 5.75 Å². The van der Waals surface area contributed by atoms with Gasteiger partial charge < -0.3 is 19.8 Å². The topological polar surface area (TPSA) is 83.7 Å². The van der Waals surface area contributed by atoms with E-state index >= 15 is 0 Å². The smallest absolute Gasteiger partial charge is 0.261 e. The van der Waals surface area contributed by atoms with Crippen molar-refractivity contribution in [2.75, 3.05) is 44.8 Å². The van der Waals surface area contributed by atoms with Gasteiger partial charge in [0.25, 0.3) is 11.5 Å². The van der Waals surface area contributed by atoms with Gasteiger partial charge in [0.05, 0.1) is 13.2 Å². The highest BCUT2D eigenvalue weighted by Gasteiger charge is 2.13. The third kappa shape index (κ3) is 5.43. The van der Waals surface area contributed by atoms with Gasteiger partial charge in [-0.2, -0.15) is 0 Å².